The SMILES string of the molecule is C[C@@H]1CN([C@H]2CC[C@@H](CNc3ccc(S(=O)(=O)NC(=O)c4ccc(N5CCN(CC6=C(c7ccc(Cl)cc7)CC(C)(C)CC6)CC5)cc4Oc4cnc5[nH]ccc5c4)cc3[NH+]([O-])O)CC2)CCN1Cc1cc(Br)c2c(c1)C(=O)N(C1CCC(=O)NC1=O)C2. The van der Waals surface area contributed by atoms with Crippen LogP contribution in [0, 0.1) is 16.5 Å². The topological polar surface area (TPSA) is 240 Å². The Labute approximate surface area is 526 Å². The average Bonchev–Trinajstić information content (AvgIpc) is 2.41. The molecule has 6 aliphatic rings. The van der Waals surface area contributed by atoms with Crippen molar-refractivity contribution in [2.45, 2.75) is 115 Å². The maximum atomic E-state index is 14.2. The monoisotopic (exact) mass is 1300 g/mol. The first-order chi connectivity index (χ1) is 42.2. The van der Waals surface area contributed by atoms with E-state index in [1.807, 2.05) is 24.3 Å². The summed E-state index contributed by atoms with van der Waals surface area (Å²) in [6.45, 7) is 15.0. The number of aromatic amines is 1. The number of fused-ring (bicyclic) bond motifs is 2. The third-order valence-corrected chi connectivity index (χ3v) is 21.1. The van der Waals surface area contributed by atoms with Crippen LogP contribution in [0.4, 0.5) is 17.1 Å². The minimum Gasteiger partial charge on any atom is -0.595 e. The van der Waals surface area contributed by atoms with Gasteiger partial charge < -0.3 is 30.0 Å². The van der Waals surface area contributed by atoms with E-state index >= 15 is 0 Å². The Morgan fingerprint density at radius 1 is 0.920 bits per heavy atom. The minimum absolute atomic E-state index is 0.0342. The highest BCUT2D eigenvalue weighted by atomic mass is 79.9. The van der Waals surface area contributed by atoms with Gasteiger partial charge in [0, 0.05) is 135 Å². The lowest BCUT2D eigenvalue weighted by molar-refractivity contribution is -0.990. The zero-order chi connectivity index (χ0) is 61.6. The number of rotatable bonds is 17. The van der Waals surface area contributed by atoms with Crippen LogP contribution >= 0.6 is 27.5 Å². The summed E-state index contributed by atoms with van der Waals surface area (Å²) in [5.41, 5.74) is 8.25. The van der Waals surface area contributed by atoms with Crippen molar-refractivity contribution in [3.8, 4) is 11.5 Å². The first kappa shape index (κ1) is 61.5. The number of benzene rings is 4. The van der Waals surface area contributed by atoms with Gasteiger partial charge in [-0.15, -0.1) is 0 Å². The van der Waals surface area contributed by atoms with Gasteiger partial charge in [-0.05, 0) is 153 Å². The van der Waals surface area contributed by atoms with E-state index in [1.165, 1.54) is 35.0 Å². The van der Waals surface area contributed by atoms with Gasteiger partial charge in [-0.3, -0.25) is 39.2 Å². The number of ether oxygens (including phenoxy) is 1. The van der Waals surface area contributed by atoms with Crippen molar-refractivity contribution in [2.75, 3.05) is 69.1 Å². The number of pyridine rings is 1. The van der Waals surface area contributed by atoms with Crippen LogP contribution in [0.15, 0.2) is 112 Å². The zero-order valence-electron chi connectivity index (χ0n) is 49.7. The van der Waals surface area contributed by atoms with Crippen molar-refractivity contribution in [1.82, 2.24) is 39.6 Å². The maximum absolute atomic E-state index is 14.2. The molecule has 23 heteroatoms. The molecule has 20 nitrogen and oxygen atoms in total. The smallest absolute Gasteiger partial charge is 0.268 e. The molecule has 6 heterocycles. The molecule has 464 valence electrons. The van der Waals surface area contributed by atoms with Gasteiger partial charge in [0.05, 0.1) is 22.3 Å². The van der Waals surface area contributed by atoms with Crippen LogP contribution in [0.1, 0.15) is 116 Å². The Morgan fingerprint density at radius 3 is 2.45 bits per heavy atom. The van der Waals surface area contributed by atoms with Crippen molar-refractivity contribution in [3.63, 3.8) is 0 Å². The number of aromatic nitrogens is 2. The molecule has 6 aromatic rings. The Bertz CT molecular complexity index is 3810. The van der Waals surface area contributed by atoms with E-state index in [-0.39, 0.29) is 63.2 Å². The van der Waals surface area contributed by atoms with Crippen LogP contribution in [-0.4, -0.2) is 144 Å². The number of piperazine rings is 2. The van der Waals surface area contributed by atoms with E-state index in [4.69, 9.17) is 16.3 Å². The number of anilines is 2. The third-order valence-electron chi connectivity index (χ3n) is 18.9. The van der Waals surface area contributed by atoms with Gasteiger partial charge >= 0.3 is 0 Å². The van der Waals surface area contributed by atoms with Crippen LogP contribution in [-0.2, 0) is 32.7 Å². The summed E-state index contributed by atoms with van der Waals surface area (Å²) >= 11 is 9.99. The van der Waals surface area contributed by atoms with Gasteiger partial charge in [0.1, 0.15) is 23.2 Å². The number of nitrogens with zero attached hydrogens (tertiary/aromatic N) is 6. The Balaban J connectivity index is 0.653. The van der Waals surface area contributed by atoms with Gasteiger partial charge in [0.15, 0.2) is 5.69 Å². The highest BCUT2D eigenvalue weighted by molar-refractivity contribution is 9.10. The fraction of sp³-hybridized carbons (Fsp3) is 0.431. The lowest BCUT2D eigenvalue weighted by atomic mass is 9.72. The zero-order valence-corrected chi connectivity index (χ0v) is 52.9. The molecule has 1 saturated carbocycles. The Hall–Kier alpha value is -6.73. The summed E-state index contributed by atoms with van der Waals surface area (Å²) in [5.74, 6) is -1.13. The van der Waals surface area contributed by atoms with Crippen molar-refractivity contribution < 1.29 is 42.8 Å². The molecule has 2 aliphatic carbocycles. The number of carbonyl (C=O) groups is 4. The normalized spacial score (nSPS) is 22.6. The van der Waals surface area contributed by atoms with E-state index < -0.39 is 33.1 Å². The number of piperidine rings is 1. The maximum Gasteiger partial charge on any atom is 0.268 e. The van der Waals surface area contributed by atoms with Crippen LogP contribution in [0.2, 0.25) is 5.02 Å². The average molecular weight is 1300 g/mol. The first-order valence-electron chi connectivity index (χ1n) is 30.5. The van der Waals surface area contributed by atoms with Gasteiger partial charge in [0.25, 0.3) is 21.8 Å². The quantitative estimate of drug-likeness (QED) is 0.0369. The molecule has 2 unspecified atom stereocenters. The summed E-state index contributed by atoms with van der Waals surface area (Å²) < 4.78 is 37.6. The number of sulfonamides is 1. The second-order valence-corrected chi connectivity index (χ2v) is 28.4. The molecule has 4 aliphatic heterocycles. The number of carbonyl (C=O) groups excluding carboxylic acids is 4. The number of quaternary nitrogens is 1. The lowest BCUT2D eigenvalue weighted by Crippen LogP contribution is -2.99. The number of hydrogen-bond acceptors (Lipinski definition) is 15. The second kappa shape index (κ2) is 25.6. The van der Waals surface area contributed by atoms with Crippen molar-refractivity contribution in [3.05, 3.63) is 145 Å². The molecule has 3 atom stereocenters. The number of nitrogens with one attached hydrogen (secondary N) is 5. The lowest BCUT2D eigenvalue weighted by Gasteiger charge is -2.45. The Kier molecular flexibility index (Phi) is 17.9. The molecule has 3 saturated heterocycles. The predicted octanol–water partition coefficient (Wildman–Crippen LogP) is 9.02. The van der Waals surface area contributed by atoms with Gasteiger partial charge in [-0.25, -0.2) is 23.3 Å². The standard InChI is InChI=1S/C65H75BrClN11O9S/c1-40-36-76(27-26-75(40)37-42-28-52-54(55(66)29-42)39-77(64(52)82)57-16-17-60(79)71-63(57)81)47-10-4-41(5-11-47)34-69-56-15-13-50(32-58(56)78(83)84)88(85,86)72-62(80)51-14-12-48(31-59(51)87-49-30-44-19-21-68-61(44)70-35-49)74-24-22-73(23-25-74)38-45-18-20-65(2,3)33-53(45)43-6-8-46(67)9-7-43/h6-9,12-15,19,21,28-32,35,40-41,47,57,69,78,83H,4-5,10-11,16-18,20,22-27,33-34,36-39H2,1-3H3,(H,68,70)(H,72,80)(H,71,79,81)/t40-,41-,47+,57?/m1/s1. The molecule has 0 spiro atoms. The number of amides is 4. The van der Waals surface area contributed by atoms with E-state index in [9.17, 15) is 38.0 Å². The Morgan fingerprint density at radius 2 is 1.70 bits per heavy atom. The summed E-state index contributed by atoms with van der Waals surface area (Å²) in [5, 5.41) is 29.1. The van der Waals surface area contributed by atoms with Gasteiger partial charge in [-0.2, -0.15) is 5.23 Å². The van der Waals surface area contributed by atoms with Crippen molar-refractivity contribution >= 4 is 94.9 Å². The fourth-order valence-corrected chi connectivity index (χ4v) is 15.5. The highest BCUT2D eigenvalue weighted by Crippen LogP contribution is 2.44. The van der Waals surface area contributed by atoms with Gasteiger partial charge in [-0.1, -0.05) is 59.1 Å². The number of halogens is 2. The fourth-order valence-electron chi connectivity index (χ4n) is 13.8. The van der Waals surface area contributed by atoms with E-state index in [0.29, 0.717) is 62.1 Å². The first-order valence-corrected chi connectivity index (χ1v) is 33.2. The molecule has 0 bridgehead atoms. The number of H-pyrrole nitrogens is 1. The molecule has 2 aromatic heterocycles. The van der Waals surface area contributed by atoms with Crippen LogP contribution < -0.4 is 30.2 Å². The number of hydrogen-bond donors (Lipinski definition) is 6. The molecular weight excluding hydrogens is 1230 g/mol. The molecular formula is C65H75BrClN11O9S. The number of imide groups is 1. The second-order valence-electron chi connectivity index (χ2n) is 25.4. The summed E-state index contributed by atoms with van der Waals surface area (Å²) in [7, 11) is -4.59. The van der Waals surface area contributed by atoms with Crippen molar-refractivity contribution in [1.29, 1.82) is 0 Å². The van der Waals surface area contributed by atoms with Gasteiger partial charge in [0.2, 0.25) is 11.8 Å². The van der Waals surface area contributed by atoms with E-state index in [2.05, 4.69) is 99.8 Å². The van der Waals surface area contributed by atoms with Crippen molar-refractivity contribution in [2.24, 2.45) is 11.3 Å². The van der Waals surface area contributed by atoms with Crippen LogP contribution in [0.25, 0.3) is 16.6 Å². The predicted molar refractivity (Wildman–Crippen MR) is 340 cm³/mol. The molecule has 88 heavy (non-hydrogen) atoms. The molecule has 4 aromatic carbocycles. The van der Waals surface area contributed by atoms with E-state index in [0.717, 1.165) is 122 Å². The molecule has 12 rings (SSSR count). The van der Waals surface area contributed by atoms with E-state index in [1.54, 1.807) is 35.4 Å². The number of allylic oxidation sites excluding steroid dienone is 1. The summed E-state index contributed by atoms with van der Waals surface area (Å²) in [6, 6.07) is 24.8. The molecule has 6 N–H and O–H groups in total. The summed E-state index contributed by atoms with van der Waals surface area (Å²) in [4.78, 5) is 70.7. The highest BCUT2D eigenvalue weighted by Gasteiger charge is 2.41. The summed E-state index contributed by atoms with van der Waals surface area (Å²) in [6.07, 6.45) is 10.8. The molecule has 4 fully saturated rings. The minimum atomic E-state index is -4.59. The molecule has 4 amide bonds. The molecule has 0 radical (unpaired) electrons. The largest absolute Gasteiger partial charge is 0.595 e. The third kappa shape index (κ3) is 13.6. The van der Waals surface area contributed by atoms with Crippen LogP contribution in [0.5, 0.6) is 11.5 Å². The van der Waals surface area contributed by atoms with Crippen LogP contribution in [0.3, 0.4) is 0 Å².